The van der Waals surface area contributed by atoms with Gasteiger partial charge in [-0.15, -0.1) is 0 Å². The number of unbranched alkanes of at least 4 members (excludes halogenated alkanes) is 1. The molecule has 0 bridgehead atoms. The number of rotatable bonds is 12. The second-order valence-corrected chi connectivity index (χ2v) is 6.94. The van der Waals surface area contributed by atoms with E-state index in [1.165, 1.54) is 33.7 Å². The van der Waals surface area contributed by atoms with Crippen LogP contribution in [0.15, 0.2) is 18.2 Å². The molecule has 0 aromatic heterocycles. The molecule has 5 heteroatoms. The summed E-state index contributed by atoms with van der Waals surface area (Å²) < 4.78 is 22.4. The first-order valence-corrected chi connectivity index (χ1v) is 9.27. The second kappa shape index (κ2) is 12.2. The number of benzene rings is 1. The van der Waals surface area contributed by atoms with Crippen molar-refractivity contribution in [2.75, 3.05) is 27.8 Å². The zero-order valence-electron chi connectivity index (χ0n) is 13.2. The van der Waals surface area contributed by atoms with E-state index in [1.807, 2.05) is 0 Å². The molecule has 0 radical (unpaired) electrons. The molecule has 0 aliphatic heterocycles. The standard InChI is InChI=1S/C16H26O4Se/c1-4-5-9-21-16-14(10-19-12-17-2)7-6-8-15(16)11-20-13-18-3/h6-8H,4-5,9-13H2,1-3H3. The van der Waals surface area contributed by atoms with Gasteiger partial charge >= 0.3 is 134 Å². The zero-order valence-corrected chi connectivity index (χ0v) is 14.9. The third-order valence-corrected chi connectivity index (χ3v) is 5.58. The second-order valence-electron chi connectivity index (χ2n) is 4.62. The van der Waals surface area contributed by atoms with Crippen molar-refractivity contribution in [2.45, 2.75) is 38.3 Å². The van der Waals surface area contributed by atoms with E-state index in [9.17, 15) is 0 Å². The van der Waals surface area contributed by atoms with Crippen molar-refractivity contribution in [3.8, 4) is 0 Å². The monoisotopic (exact) mass is 362 g/mol. The third kappa shape index (κ3) is 7.41. The van der Waals surface area contributed by atoms with Gasteiger partial charge in [-0.05, 0) is 0 Å². The van der Waals surface area contributed by atoms with Gasteiger partial charge in [0.15, 0.2) is 0 Å². The fraction of sp³-hybridized carbons (Fsp3) is 0.625. The Labute approximate surface area is 134 Å². The van der Waals surface area contributed by atoms with E-state index in [0.717, 1.165) is 0 Å². The molecule has 4 nitrogen and oxygen atoms in total. The molecule has 0 amide bonds. The van der Waals surface area contributed by atoms with Crippen LogP contribution < -0.4 is 4.46 Å². The van der Waals surface area contributed by atoms with E-state index >= 15 is 0 Å². The van der Waals surface area contributed by atoms with Crippen LogP contribution in [0.2, 0.25) is 5.32 Å². The van der Waals surface area contributed by atoms with E-state index < -0.39 is 0 Å². The van der Waals surface area contributed by atoms with Crippen molar-refractivity contribution in [2.24, 2.45) is 0 Å². The summed E-state index contributed by atoms with van der Waals surface area (Å²) in [6.45, 7) is 4.06. The maximum absolute atomic E-state index is 5.52. The molecule has 0 N–H and O–H groups in total. The first-order chi connectivity index (χ1) is 10.3. The number of ether oxygens (including phenoxy) is 4. The molecule has 0 fully saturated rings. The minimum absolute atomic E-state index is 0.325. The Bertz CT molecular complexity index is 356. The topological polar surface area (TPSA) is 36.9 Å². The van der Waals surface area contributed by atoms with Crippen LogP contribution in [0.25, 0.3) is 0 Å². The van der Waals surface area contributed by atoms with Crippen LogP contribution in [0, 0.1) is 0 Å². The molecular weight excluding hydrogens is 335 g/mol. The maximum atomic E-state index is 5.52. The molecule has 0 unspecified atom stereocenters. The van der Waals surface area contributed by atoms with E-state index in [1.54, 1.807) is 14.2 Å². The summed E-state index contributed by atoms with van der Waals surface area (Å²) in [4.78, 5) is 0. The molecule has 1 rings (SSSR count). The van der Waals surface area contributed by atoms with Crippen molar-refractivity contribution in [3.63, 3.8) is 0 Å². The Hall–Kier alpha value is -0.421. The summed E-state index contributed by atoms with van der Waals surface area (Å²) >= 11 is 0.453. The first kappa shape index (κ1) is 18.6. The first-order valence-electron chi connectivity index (χ1n) is 7.20. The quantitative estimate of drug-likeness (QED) is 0.326. The van der Waals surface area contributed by atoms with Crippen LogP contribution in [-0.4, -0.2) is 42.8 Å². The summed E-state index contributed by atoms with van der Waals surface area (Å²) in [7, 11) is 3.28. The predicted molar refractivity (Wildman–Crippen MR) is 84.9 cm³/mol. The Balaban J connectivity index is 2.75. The minimum atomic E-state index is 0.325. The van der Waals surface area contributed by atoms with Crippen LogP contribution in [0.3, 0.4) is 0 Å². The summed E-state index contributed by atoms with van der Waals surface area (Å²) in [5.41, 5.74) is 2.50. The third-order valence-electron chi connectivity index (χ3n) is 2.84. The van der Waals surface area contributed by atoms with Gasteiger partial charge in [-0.1, -0.05) is 0 Å². The molecule has 120 valence electrons. The summed E-state index contributed by atoms with van der Waals surface area (Å²) in [5.74, 6) is 0. The summed E-state index contributed by atoms with van der Waals surface area (Å²) in [6, 6.07) is 6.34. The van der Waals surface area contributed by atoms with Crippen molar-refractivity contribution < 1.29 is 18.9 Å². The molecule has 21 heavy (non-hydrogen) atoms. The van der Waals surface area contributed by atoms with Gasteiger partial charge in [-0.2, -0.15) is 0 Å². The van der Waals surface area contributed by atoms with Crippen LogP contribution in [0.5, 0.6) is 0 Å². The number of methoxy groups -OCH3 is 2. The number of hydrogen-bond donors (Lipinski definition) is 0. The Morgan fingerprint density at radius 1 is 0.952 bits per heavy atom. The van der Waals surface area contributed by atoms with Gasteiger partial charge in [-0.25, -0.2) is 0 Å². The van der Waals surface area contributed by atoms with Crippen LogP contribution in [0.1, 0.15) is 30.9 Å². The van der Waals surface area contributed by atoms with Gasteiger partial charge in [0.2, 0.25) is 0 Å². The SMILES string of the molecule is CCCC[Se]c1c(COCOC)cccc1COCOC. The Morgan fingerprint density at radius 2 is 1.52 bits per heavy atom. The van der Waals surface area contributed by atoms with Gasteiger partial charge in [0.05, 0.1) is 0 Å². The van der Waals surface area contributed by atoms with Gasteiger partial charge in [-0.3, -0.25) is 0 Å². The average Bonchev–Trinajstić information content (AvgIpc) is 2.50. The molecule has 1 aromatic rings. The molecule has 0 aliphatic rings. The molecule has 0 atom stereocenters. The molecule has 1 aromatic carbocycles. The van der Waals surface area contributed by atoms with E-state index in [2.05, 4.69) is 25.1 Å². The van der Waals surface area contributed by atoms with Gasteiger partial charge < -0.3 is 0 Å². The number of hydrogen-bond acceptors (Lipinski definition) is 4. The normalized spacial score (nSPS) is 11.0. The van der Waals surface area contributed by atoms with Gasteiger partial charge in [0, 0.05) is 0 Å². The molecule has 0 heterocycles. The van der Waals surface area contributed by atoms with Gasteiger partial charge in [0.25, 0.3) is 0 Å². The Morgan fingerprint density at radius 3 is 2.00 bits per heavy atom. The summed E-state index contributed by atoms with van der Waals surface area (Å²) in [6.07, 6.45) is 2.51. The van der Waals surface area contributed by atoms with Crippen molar-refractivity contribution in [1.29, 1.82) is 0 Å². The van der Waals surface area contributed by atoms with Crippen molar-refractivity contribution in [1.82, 2.24) is 0 Å². The van der Waals surface area contributed by atoms with Crippen molar-refractivity contribution in [3.05, 3.63) is 29.3 Å². The van der Waals surface area contributed by atoms with Crippen LogP contribution >= 0.6 is 0 Å². The van der Waals surface area contributed by atoms with E-state index in [-0.39, 0.29) is 0 Å². The fourth-order valence-corrected chi connectivity index (χ4v) is 4.49. The predicted octanol–water partition coefficient (Wildman–Crippen LogP) is 2.48. The Kier molecular flexibility index (Phi) is 10.8. The van der Waals surface area contributed by atoms with E-state index in [4.69, 9.17) is 18.9 Å². The fourth-order valence-electron chi connectivity index (χ4n) is 1.84. The average molecular weight is 361 g/mol. The summed E-state index contributed by atoms with van der Waals surface area (Å²) in [5, 5.41) is 1.25. The molecule has 0 aliphatic carbocycles. The van der Waals surface area contributed by atoms with E-state index in [0.29, 0.717) is 41.8 Å². The van der Waals surface area contributed by atoms with Gasteiger partial charge in [0.1, 0.15) is 0 Å². The van der Waals surface area contributed by atoms with Crippen molar-refractivity contribution >= 4 is 19.4 Å². The molecule has 0 saturated heterocycles. The molecule has 0 saturated carbocycles. The molecular formula is C16H26O4Se. The zero-order chi connectivity index (χ0) is 15.3. The van der Waals surface area contributed by atoms with Crippen LogP contribution in [0.4, 0.5) is 0 Å². The van der Waals surface area contributed by atoms with Crippen LogP contribution in [-0.2, 0) is 32.2 Å². The molecule has 0 spiro atoms.